The van der Waals surface area contributed by atoms with Crippen LogP contribution in [0, 0.1) is 34.5 Å². The van der Waals surface area contributed by atoms with Gasteiger partial charge in [0.2, 0.25) is 0 Å². The number of allylic oxidation sites excluding steroid dienone is 1. The standard InChI is InChI=1S/C48H72O21/c1-19-12-34(67-42(59)20(19)2)48(7,60)31-11-10-26-25-9-8-23-13-24(14-32(63-21(3)50)46(23,5)27(25)15-33(47(26,31)6)64-22(4)51)65-45-39(58)41(69-44-38(57)36(55)29(53)18-62-44)40(30(16-49)66-45)68-43-37(56)35(54)28(52)17-61-43/h8,24-41,43-45,49,52-58,60H,9-18H2,1-7H3/t24-,25+,26+,27+,28-,29-,30-,31+,32+,33-,34-,35+,36+,37-,38-,39-,40-,41-,43+,44+,45-,46+,47+,48-/m1/s1. The second-order valence-electron chi connectivity index (χ2n) is 21.4. The molecule has 0 radical (unpaired) electrons. The predicted octanol–water partition coefficient (Wildman–Crippen LogP) is -0.837. The number of fused-ring (bicyclic) bond motifs is 5. The Bertz CT molecular complexity index is 1980. The van der Waals surface area contributed by atoms with E-state index >= 15 is 0 Å². The molecule has 9 N–H and O–H groups in total. The fourth-order valence-corrected chi connectivity index (χ4v) is 13.6. The molecule has 4 aliphatic carbocycles. The molecule has 21 heteroatoms. The highest BCUT2D eigenvalue weighted by Crippen LogP contribution is 2.69. The Morgan fingerprint density at radius 2 is 1.36 bits per heavy atom. The molecule has 24 atom stereocenters. The Labute approximate surface area is 400 Å². The smallest absolute Gasteiger partial charge is 0.334 e. The SMILES string of the molecule is CC(=O)O[C@H]1C[C@H](O[C@@H]2O[C@H](CO)[C@@H](O[C@@H]3OC[C@@H](O)[C@H](O)[C@H]3O)[C@H](O[C@@H]3OC[C@@H](O)[C@H](O)[C@H]3O)[C@H]2O)CC2=CC[C@@H]3[C@H](C[C@@H](OC(C)=O)[C@]4(C)[C@@H]([C@@](C)(O)[C@H]5CC(C)=C(C)C(=O)O5)CC[C@@H]34)[C@]21C. The van der Waals surface area contributed by atoms with Gasteiger partial charge in [0.25, 0.3) is 0 Å². The highest BCUT2D eigenvalue weighted by molar-refractivity contribution is 5.89. The third-order valence-electron chi connectivity index (χ3n) is 17.5. The van der Waals surface area contributed by atoms with Crippen LogP contribution in [0.5, 0.6) is 0 Å². The van der Waals surface area contributed by atoms with E-state index in [-0.39, 0.29) is 30.6 Å². The maximum absolute atomic E-state index is 13.0. The number of hydrogen-bond donors (Lipinski definition) is 9. The fourth-order valence-electron chi connectivity index (χ4n) is 13.6. The molecule has 69 heavy (non-hydrogen) atoms. The van der Waals surface area contributed by atoms with Crippen LogP contribution in [0.15, 0.2) is 22.8 Å². The Morgan fingerprint density at radius 3 is 1.94 bits per heavy atom. The molecule has 4 aliphatic heterocycles. The maximum atomic E-state index is 13.0. The lowest BCUT2D eigenvalue weighted by Crippen LogP contribution is -2.66. The Kier molecular flexibility index (Phi) is 15.2. The van der Waals surface area contributed by atoms with E-state index < -0.39 is 164 Å². The number of carbonyl (C=O) groups excluding carboxylic acids is 3. The van der Waals surface area contributed by atoms with Crippen LogP contribution in [0.2, 0.25) is 0 Å². The van der Waals surface area contributed by atoms with Gasteiger partial charge in [-0.15, -0.1) is 0 Å². The first kappa shape index (κ1) is 52.6. The molecule has 6 fully saturated rings. The van der Waals surface area contributed by atoms with Crippen LogP contribution in [-0.2, 0) is 57.0 Å². The van der Waals surface area contributed by atoms with Gasteiger partial charge in [0.1, 0.15) is 85.0 Å². The molecular formula is C48H72O21. The molecule has 0 aromatic heterocycles. The minimum atomic E-state index is -1.82. The van der Waals surface area contributed by atoms with Crippen molar-refractivity contribution in [2.24, 2.45) is 34.5 Å². The summed E-state index contributed by atoms with van der Waals surface area (Å²) in [5.41, 5.74) is -0.740. The lowest BCUT2D eigenvalue weighted by atomic mass is 9.45. The Balaban J connectivity index is 1.07. The molecule has 0 aromatic rings. The number of ether oxygens (including phenoxy) is 9. The van der Waals surface area contributed by atoms with E-state index in [4.69, 9.17) is 42.6 Å². The topological polar surface area (TPSA) is 316 Å². The van der Waals surface area contributed by atoms with E-state index in [9.17, 15) is 60.3 Å². The fraction of sp³-hybridized carbons (Fsp3) is 0.854. The molecule has 21 nitrogen and oxygen atoms in total. The Hall–Kier alpha value is -2.71. The van der Waals surface area contributed by atoms with Crippen LogP contribution in [0.4, 0.5) is 0 Å². The first-order chi connectivity index (χ1) is 32.4. The molecule has 3 saturated carbocycles. The minimum absolute atomic E-state index is 0.00125. The summed E-state index contributed by atoms with van der Waals surface area (Å²) in [6.07, 6.45) is -19.1. The van der Waals surface area contributed by atoms with Gasteiger partial charge >= 0.3 is 17.9 Å². The normalized spacial score (nSPS) is 48.8. The number of aliphatic hydroxyl groups is 9. The first-order valence-electron chi connectivity index (χ1n) is 24.3. The molecule has 0 bridgehead atoms. The van der Waals surface area contributed by atoms with Gasteiger partial charge in [0, 0.05) is 49.0 Å². The molecule has 3 saturated heterocycles. The van der Waals surface area contributed by atoms with Gasteiger partial charge in [-0.1, -0.05) is 31.1 Å². The number of cyclic esters (lactones) is 1. The number of esters is 3. The summed E-state index contributed by atoms with van der Waals surface area (Å²) >= 11 is 0. The largest absolute Gasteiger partial charge is 0.462 e. The van der Waals surface area contributed by atoms with Crippen LogP contribution in [0.25, 0.3) is 0 Å². The van der Waals surface area contributed by atoms with Gasteiger partial charge in [0.15, 0.2) is 18.9 Å². The van der Waals surface area contributed by atoms with Crippen molar-refractivity contribution in [3.63, 3.8) is 0 Å². The molecule has 8 rings (SSSR count). The summed E-state index contributed by atoms with van der Waals surface area (Å²) in [7, 11) is 0. The number of rotatable bonds is 11. The summed E-state index contributed by atoms with van der Waals surface area (Å²) in [4.78, 5) is 38.9. The molecule has 0 unspecified atom stereocenters. The van der Waals surface area contributed by atoms with Crippen molar-refractivity contribution in [3.8, 4) is 0 Å². The van der Waals surface area contributed by atoms with Crippen LogP contribution >= 0.6 is 0 Å². The van der Waals surface area contributed by atoms with Gasteiger partial charge in [-0.25, -0.2) is 4.79 Å². The summed E-state index contributed by atoms with van der Waals surface area (Å²) < 4.78 is 54.1. The van der Waals surface area contributed by atoms with Crippen molar-refractivity contribution in [2.45, 2.75) is 203 Å². The average molecular weight is 985 g/mol. The molecule has 8 aliphatic rings. The highest BCUT2D eigenvalue weighted by Gasteiger charge is 2.69. The molecular weight excluding hydrogens is 913 g/mol. The Morgan fingerprint density at radius 1 is 0.768 bits per heavy atom. The van der Waals surface area contributed by atoms with Gasteiger partial charge < -0.3 is 88.6 Å². The van der Waals surface area contributed by atoms with Crippen LogP contribution < -0.4 is 0 Å². The van der Waals surface area contributed by atoms with Crippen molar-refractivity contribution in [2.75, 3.05) is 19.8 Å². The first-order valence-corrected chi connectivity index (χ1v) is 24.3. The third kappa shape index (κ3) is 9.34. The quantitative estimate of drug-likeness (QED) is 0.0693. The molecule has 0 amide bonds. The lowest BCUT2D eigenvalue weighted by Gasteiger charge is -2.62. The zero-order valence-corrected chi connectivity index (χ0v) is 40.2. The summed E-state index contributed by atoms with van der Waals surface area (Å²) in [6.45, 7) is 10.4. The van der Waals surface area contributed by atoms with E-state index in [2.05, 4.69) is 13.0 Å². The molecule has 0 aromatic carbocycles. The summed E-state index contributed by atoms with van der Waals surface area (Å²) in [5.74, 6) is -2.16. The average Bonchev–Trinajstić information content (AvgIpc) is 3.66. The van der Waals surface area contributed by atoms with Crippen molar-refractivity contribution >= 4 is 17.9 Å². The van der Waals surface area contributed by atoms with Crippen molar-refractivity contribution in [1.29, 1.82) is 0 Å². The third-order valence-corrected chi connectivity index (χ3v) is 17.5. The number of aliphatic hydroxyl groups excluding tert-OH is 8. The summed E-state index contributed by atoms with van der Waals surface area (Å²) in [5, 5.41) is 97.8. The van der Waals surface area contributed by atoms with Crippen molar-refractivity contribution in [1.82, 2.24) is 0 Å². The maximum Gasteiger partial charge on any atom is 0.334 e. The van der Waals surface area contributed by atoms with Gasteiger partial charge in [0.05, 0.1) is 25.9 Å². The van der Waals surface area contributed by atoms with E-state index in [1.165, 1.54) is 13.8 Å². The highest BCUT2D eigenvalue weighted by atomic mass is 16.8. The van der Waals surface area contributed by atoms with E-state index in [0.29, 0.717) is 37.7 Å². The van der Waals surface area contributed by atoms with Gasteiger partial charge in [-0.3, -0.25) is 9.59 Å². The number of hydrogen-bond acceptors (Lipinski definition) is 21. The lowest BCUT2D eigenvalue weighted by molar-refractivity contribution is -0.380. The minimum Gasteiger partial charge on any atom is -0.462 e. The second-order valence-corrected chi connectivity index (χ2v) is 21.4. The van der Waals surface area contributed by atoms with E-state index in [1.54, 1.807) is 13.8 Å². The monoisotopic (exact) mass is 984 g/mol. The summed E-state index contributed by atoms with van der Waals surface area (Å²) in [6, 6.07) is 0. The van der Waals surface area contributed by atoms with Crippen LogP contribution in [0.3, 0.4) is 0 Å². The van der Waals surface area contributed by atoms with Crippen molar-refractivity contribution < 1.29 is 103 Å². The van der Waals surface area contributed by atoms with Gasteiger partial charge in [-0.05, 0) is 70.6 Å². The van der Waals surface area contributed by atoms with Gasteiger partial charge in [-0.2, -0.15) is 0 Å². The van der Waals surface area contributed by atoms with Crippen molar-refractivity contribution in [3.05, 3.63) is 22.8 Å². The predicted molar refractivity (Wildman–Crippen MR) is 232 cm³/mol. The van der Waals surface area contributed by atoms with Crippen LogP contribution in [0.1, 0.15) is 93.4 Å². The zero-order valence-electron chi connectivity index (χ0n) is 40.2. The van der Waals surface area contributed by atoms with Crippen LogP contribution in [-0.4, -0.2) is 194 Å². The number of carbonyl (C=O) groups is 3. The van der Waals surface area contributed by atoms with E-state index in [0.717, 1.165) is 11.1 Å². The second kappa shape index (κ2) is 20.0. The van der Waals surface area contributed by atoms with E-state index in [1.807, 2.05) is 13.8 Å². The molecule has 390 valence electrons. The molecule has 0 spiro atoms. The molecule has 4 heterocycles. The zero-order chi connectivity index (χ0) is 50.2.